The Bertz CT molecular complexity index is 690. The standard InChI is InChI=1S/C14H19N5O2/c1-8(2)11(13(15)18-21)16-14(20)12-9-6-4-5-7-10(9)19(3)17-12/h4-8,11,21H,1-3H3,(H2,15,18)(H,16,20). The predicted octanol–water partition coefficient (Wildman–Crippen LogP) is 1.07. The molecule has 7 heteroatoms. The van der Waals surface area contributed by atoms with E-state index in [1.165, 1.54) is 0 Å². The third-order valence-electron chi connectivity index (χ3n) is 3.36. The Hall–Kier alpha value is -2.57. The van der Waals surface area contributed by atoms with Gasteiger partial charge >= 0.3 is 0 Å². The smallest absolute Gasteiger partial charge is 0.273 e. The van der Waals surface area contributed by atoms with Gasteiger partial charge in [0, 0.05) is 12.4 Å². The van der Waals surface area contributed by atoms with Crippen molar-refractivity contribution in [1.29, 1.82) is 0 Å². The van der Waals surface area contributed by atoms with Crippen molar-refractivity contribution in [3.63, 3.8) is 0 Å². The van der Waals surface area contributed by atoms with Gasteiger partial charge in [-0.05, 0) is 12.0 Å². The number of carbonyl (C=O) groups is 1. The Labute approximate surface area is 122 Å². The first-order chi connectivity index (χ1) is 9.95. The molecule has 0 aliphatic rings. The molecular weight excluding hydrogens is 270 g/mol. The van der Waals surface area contributed by atoms with E-state index >= 15 is 0 Å². The highest BCUT2D eigenvalue weighted by Crippen LogP contribution is 2.17. The lowest BCUT2D eigenvalue weighted by Crippen LogP contribution is -2.48. The molecule has 0 radical (unpaired) electrons. The minimum Gasteiger partial charge on any atom is -0.409 e. The molecule has 21 heavy (non-hydrogen) atoms. The highest BCUT2D eigenvalue weighted by atomic mass is 16.4. The molecule has 2 rings (SSSR count). The number of fused-ring (bicyclic) bond motifs is 1. The van der Waals surface area contributed by atoms with Crippen molar-refractivity contribution in [2.75, 3.05) is 0 Å². The number of oxime groups is 1. The van der Waals surface area contributed by atoms with Crippen molar-refractivity contribution >= 4 is 22.6 Å². The number of benzene rings is 1. The molecule has 0 aliphatic carbocycles. The van der Waals surface area contributed by atoms with Crippen molar-refractivity contribution in [1.82, 2.24) is 15.1 Å². The number of para-hydroxylation sites is 1. The van der Waals surface area contributed by atoms with E-state index in [4.69, 9.17) is 10.9 Å². The molecule has 2 aromatic rings. The Morgan fingerprint density at radius 2 is 2.10 bits per heavy atom. The van der Waals surface area contributed by atoms with E-state index < -0.39 is 6.04 Å². The summed E-state index contributed by atoms with van der Waals surface area (Å²) in [4.78, 5) is 12.4. The number of rotatable bonds is 4. The van der Waals surface area contributed by atoms with Crippen LogP contribution < -0.4 is 11.1 Å². The molecule has 1 heterocycles. The number of carbonyl (C=O) groups excluding carboxylic acids is 1. The number of amides is 1. The molecule has 112 valence electrons. The van der Waals surface area contributed by atoms with Gasteiger partial charge in [-0.1, -0.05) is 37.2 Å². The summed E-state index contributed by atoms with van der Waals surface area (Å²) in [6, 6.07) is 6.92. The molecule has 0 fully saturated rings. The summed E-state index contributed by atoms with van der Waals surface area (Å²) >= 11 is 0. The van der Waals surface area contributed by atoms with Crippen LogP contribution >= 0.6 is 0 Å². The summed E-state index contributed by atoms with van der Waals surface area (Å²) in [6.07, 6.45) is 0. The molecule has 0 saturated heterocycles. The van der Waals surface area contributed by atoms with Crippen molar-refractivity contribution in [3.05, 3.63) is 30.0 Å². The summed E-state index contributed by atoms with van der Waals surface area (Å²) in [5.74, 6) is -0.393. The van der Waals surface area contributed by atoms with Gasteiger partial charge in [-0.15, -0.1) is 0 Å². The van der Waals surface area contributed by atoms with Crippen LogP contribution in [0, 0.1) is 5.92 Å². The maximum atomic E-state index is 12.4. The molecule has 0 saturated carbocycles. The Morgan fingerprint density at radius 3 is 2.71 bits per heavy atom. The number of nitrogens with one attached hydrogen (secondary N) is 1. The Balaban J connectivity index is 2.34. The lowest BCUT2D eigenvalue weighted by molar-refractivity contribution is 0.0934. The van der Waals surface area contributed by atoms with E-state index in [0.29, 0.717) is 5.69 Å². The minimum absolute atomic E-state index is 0.0140. The van der Waals surface area contributed by atoms with Gasteiger partial charge < -0.3 is 16.3 Å². The van der Waals surface area contributed by atoms with Crippen LogP contribution in [0.2, 0.25) is 0 Å². The second kappa shape index (κ2) is 5.82. The van der Waals surface area contributed by atoms with E-state index in [1.54, 1.807) is 11.7 Å². The van der Waals surface area contributed by atoms with E-state index in [2.05, 4.69) is 15.6 Å². The molecule has 1 amide bonds. The van der Waals surface area contributed by atoms with Gasteiger partial charge in [0.15, 0.2) is 11.5 Å². The zero-order valence-corrected chi connectivity index (χ0v) is 12.2. The first-order valence-electron chi connectivity index (χ1n) is 6.65. The number of aryl methyl sites for hydroxylation is 1. The molecule has 4 N–H and O–H groups in total. The molecule has 0 aliphatic heterocycles. The van der Waals surface area contributed by atoms with Crippen molar-refractivity contribution in [2.24, 2.45) is 23.9 Å². The van der Waals surface area contributed by atoms with Crippen molar-refractivity contribution in [2.45, 2.75) is 19.9 Å². The van der Waals surface area contributed by atoms with E-state index in [1.807, 2.05) is 38.1 Å². The highest BCUT2D eigenvalue weighted by molar-refractivity contribution is 6.06. The number of nitrogens with zero attached hydrogens (tertiary/aromatic N) is 3. The molecule has 0 bridgehead atoms. The van der Waals surface area contributed by atoms with Crippen LogP contribution in [0.25, 0.3) is 10.9 Å². The lowest BCUT2D eigenvalue weighted by Gasteiger charge is -2.20. The molecule has 1 aromatic heterocycles. The Kier molecular flexibility index (Phi) is 4.11. The summed E-state index contributed by atoms with van der Waals surface area (Å²) in [5.41, 5.74) is 6.81. The predicted molar refractivity (Wildman–Crippen MR) is 80.2 cm³/mol. The number of nitrogens with two attached hydrogens (primary N) is 1. The molecule has 1 aromatic carbocycles. The van der Waals surface area contributed by atoms with Gasteiger partial charge in [0.05, 0.1) is 11.6 Å². The molecule has 7 nitrogen and oxygen atoms in total. The van der Waals surface area contributed by atoms with Gasteiger partial charge in [0.25, 0.3) is 5.91 Å². The average molecular weight is 289 g/mol. The zero-order chi connectivity index (χ0) is 15.6. The molecule has 1 unspecified atom stereocenters. The number of hydrogen-bond acceptors (Lipinski definition) is 4. The fourth-order valence-corrected chi connectivity index (χ4v) is 2.24. The average Bonchev–Trinajstić information content (AvgIpc) is 2.81. The first kappa shape index (κ1) is 14.8. The first-order valence-corrected chi connectivity index (χ1v) is 6.65. The van der Waals surface area contributed by atoms with E-state index in [-0.39, 0.29) is 17.7 Å². The van der Waals surface area contributed by atoms with Crippen LogP contribution in [0.3, 0.4) is 0 Å². The fourth-order valence-electron chi connectivity index (χ4n) is 2.24. The lowest BCUT2D eigenvalue weighted by atomic mass is 10.0. The Morgan fingerprint density at radius 1 is 1.43 bits per heavy atom. The fraction of sp³-hybridized carbons (Fsp3) is 0.357. The highest BCUT2D eigenvalue weighted by Gasteiger charge is 2.24. The maximum Gasteiger partial charge on any atom is 0.273 e. The minimum atomic E-state index is -0.553. The van der Waals surface area contributed by atoms with Crippen LogP contribution in [-0.4, -0.2) is 32.8 Å². The third-order valence-corrected chi connectivity index (χ3v) is 3.36. The normalized spacial score (nSPS) is 13.6. The largest absolute Gasteiger partial charge is 0.409 e. The zero-order valence-electron chi connectivity index (χ0n) is 12.2. The second-order valence-electron chi connectivity index (χ2n) is 5.21. The SMILES string of the molecule is CC(C)C(NC(=O)c1nn(C)c2ccccc12)/C(N)=N/O. The summed E-state index contributed by atoms with van der Waals surface area (Å²) in [7, 11) is 1.78. The third kappa shape index (κ3) is 2.81. The summed E-state index contributed by atoms with van der Waals surface area (Å²) in [6.45, 7) is 3.75. The van der Waals surface area contributed by atoms with Gasteiger partial charge in [0.2, 0.25) is 0 Å². The van der Waals surface area contributed by atoms with Crippen LogP contribution in [0.5, 0.6) is 0 Å². The van der Waals surface area contributed by atoms with Gasteiger partial charge in [-0.3, -0.25) is 9.48 Å². The van der Waals surface area contributed by atoms with E-state index in [0.717, 1.165) is 10.9 Å². The number of hydrogen-bond donors (Lipinski definition) is 3. The van der Waals surface area contributed by atoms with Crippen LogP contribution in [0.15, 0.2) is 29.4 Å². The molecule has 0 spiro atoms. The molecular formula is C14H19N5O2. The number of aromatic nitrogens is 2. The topological polar surface area (TPSA) is 106 Å². The van der Waals surface area contributed by atoms with Crippen LogP contribution in [0.1, 0.15) is 24.3 Å². The maximum absolute atomic E-state index is 12.4. The van der Waals surface area contributed by atoms with Crippen molar-refractivity contribution < 1.29 is 10.0 Å². The van der Waals surface area contributed by atoms with Crippen molar-refractivity contribution in [3.8, 4) is 0 Å². The molecule has 1 atom stereocenters. The van der Waals surface area contributed by atoms with Crippen LogP contribution in [-0.2, 0) is 7.05 Å². The van der Waals surface area contributed by atoms with Gasteiger partial charge in [0.1, 0.15) is 0 Å². The van der Waals surface area contributed by atoms with E-state index in [9.17, 15) is 4.79 Å². The van der Waals surface area contributed by atoms with Crippen LogP contribution in [0.4, 0.5) is 0 Å². The number of amidine groups is 1. The summed E-state index contributed by atoms with van der Waals surface area (Å²) in [5, 5.41) is 19.6. The summed E-state index contributed by atoms with van der Waals surface area (Å²) < 4.78 is 1.65. The quantitative estimate of drug-likeness (QED) is 0.339. The monoisotopic (exact) mass is 289 g/mol. The van der Waals surface area contributed by atoms with Gasteiger partial charge in [-0.25, -0.2) is 0 Å². The van der Waals surface area contributed by atoms with Gasteiger partial charge in [-0.2, -0.15) is 5.10 Å². The second-order valence-corrected chi connectivity index (χ2v) is 5.21.